The monoisotopic (exact) mass is 269 g/mol. The van der Waals surface area contributed by atoms with Gasteiger partial charge in [0.1, 0.15) is 7.14 Å². The first-order valence-electron chi connectivity index (χ1n) is 6.20. The molecule has 0 radical (unpaired) electrons. The van der Waals surface area contributed by atoms with Crippen molar-refractivity contribution in [2.24, 2.45) is 0 Å². The number of likely N-dealkylation sites (N-methyl/N-ethyl adjacent to an activating group) is 1. The van der Waals surface area contributed by atoms with E-state index >= 15 is 0 Å². The van der Waals surface area contributed by atoms with Crippen molar-refractivity contribution < 1.29 is 9.36 Å². The molecular weight excluding hydrogens is 245 g/mol. The molecule has 0 saturated heterocycles. The van der Waals surface area contributed by atoms with Crippen LogP contribution in [0.2, 0.25) is 0 Å². The summed E-state index contributed by atoms with van der Waals surface area (Å²) in [7, 11) is -0.734. The van der Waals surface area contributed by atoms with E-state index in [2.05, 4.69) is 0 Å². The largest absolute Gasteiger partial charge is 0.316 e. The average Bonchev–Trinajstić information content (AvgIpc) is 2.31. The van der Waals surface area contributed by atoms with Crippen molar-refractivity contribution in [3.8, 4) is 0 Å². The van der Waals surface area contributed by atoms with Gasteiger partial charge < -0.3 is 4.57 Å². The van der Waals surface area contributed by atoms with E-state index in [9.17, 15) is 9.36 Å². The molecule has 0 unspecified atom stereocenters. The Bertz CT molecular complexity index is 398. The molecule has 1 aromatic carbocycles. The van der Waals surface area contributed by atoms with Crippen LogP contribution < -0.4 is 0 Å². The van der Waals surface area contributed by atoms with Crippen molar-refractivity contribution in [2.75, 3.05) is 26.9 Å². The number of carbonyl (C=O) groups is 1. The minimum absolute atomic E-state index is 0.161. The van der Waals surface area contributed by atoms with Crippen LogP contribution in [0.1, 0.15) is 19.4 Å². The Kier molecular flexibility index (Phi) is 7.81. The van der Waals surface area contributed by atoms with Gasteiger partial charge in [-0.3, -0.25) is 9.69 Å². The molecule has 4 heteroatoms. The van der Waals surface area contributed by atoms with Crippen molar-refractivity contribution in [1.82, 2.24) is 4.90 Å². The molecule has 0 N–H and O–H groups in total. The highest BCUT2D eigenvalue weighted by molar-refractivity contribution is 7.79. The van der Waals surface area contributed by atoms with E-state index in [1.807, 2.05) is 56.1 Å². The molecule has 102 valence electrons. The topological polar surface area (TPSA) is 37.4 Å². The SMILES string of the molecule is CC.CN(CC(=O)P(C)(C)=O)Cc1ccccc1. The zero-order valence-corrected chi connectivity index (χ0v) is 12.9. The predicted molar refractivity (Wildman–Crippen MR) is 78.6 cm³/mol. The first kappa shape index (κ1) is 17.1. The summed E-state index contributed by atoms with van der Waals surface area (Å²) in [6.07, 6.45) is 0. The highest BCUT2D eigenvalue weighted by atomic mass is 31.2. The van der Waals surface area contributed by atoms with Gasteiger partial charge in [0, 0.05) is 6.54 Å². The minimum Gasteiger partial charge on any atom is -0.316 e. The lowest BCUT2D eigenvalue weighted by molar-refractivity contribution is -0.112. The predicted octanol–water partition coefficient (Wildman–Crippen LogP) is 3.29. The Balaban J connectivity index is 0.00000137. The van der Waals surface area contributed by atoms with Crippen LogP contribution in [0.25, 0.3) is 0 Å². The molecule has 0 saturated carbocycles. The maximum atomic E-state index is 11.6. The van der Waals surface area contributed by atoms with Crippen molar-refractivity contribution in [3.05, 3.63) is 35.9 Å². The second kappa shape index (κ2) is 8.23. The van der Waals surface area contributed by atoms with Crippen LogP contribution in [0.4, 0.5) is 0 Å². The van der Waals surface area contributed by atoms with Gasteiger partial charge in [0.2, 0.25) is 5.52 Å². The fourth-order valence-electron chi connectivity index (χ4n) is 1.35. The molecule has 0 aromatic heterocycles. The molecule has 0 aliphatic carbocycles. The van der Waals surface area contributed by atoms with Crippen LogP contribution in [0.15, 0.2) is 30.3 Å². The van der Waals surface area contributed by atoms with Gasteiger partial charge in [-0.15, -0.1) is 0 Å². The van der Waals surface area contributed by atoms with E-state index in [-0.39, 0.29) is 12.1 Å². The molecule has 0 aliphatic heterocycles. The van der Waals surface area contributed by atoms with Gasteiger partial charge in [0.05, 0.1) is 6.54 Å². The van der Waals surface area contributed by atoms with E-state index in [1.54, 1.807) is 0 Å². The van der Waals surface area contributed by atoms with E-state index < -0.39 is 7.14 Å². The second-order valence-electron chi connectivity index (χ2n) is 4.40. The Morgan fingerprint density at radius 3 is 2.11 bits per heavy atom. The molecule has 0 amide bonds. The van der Waals surface area contributed by atoms with E-state index in [0.717, 1.165) is 5.56 Å². The summed E-state index contributed by atoms with van der Waals surface area (Å²) in [6.45, 7) is 7.99. The number of rotatable bonds is 5. The zero-order chi connectivity index (χ0) is 14.2. The molecule has 0 spiro atoms. The maximum Gasteiger partial charge on any atom is 0.204 e. The average molecular weight is 269 g/mol. The lowest BCUT2D eigenvalue weighted by atomic mass is 10.2. The third-order valence-corrected chi connectivity index (χ3v) is 3.64. The van der Waals surface area contributed by atoms with Gasteiger partial charge in [-0.05, 0) is 25.9 Å². The van der Waals surface area contributed by atoms with Gasteiger partial charge in [0.25, 0.3) is 0 Å². The van der Waals surface area contributed by atoms with Crippen molar-refractivity contribution in [2.45, 2.75) is 20.4 Å². The first-order valence-corrected chi connectivity index (χ1v) is 8.80. The molecule has 0 heterocycles. The fraction of sp³-hybridized carbons (Fsp3) is 0.500. The third-order valence-electron chi connectivity index (χ3n) is 2.30. The summed E-state index contributed by atoms with van der Waals surface area (Å²) in [4.78, 5) is 13.4. The summed E-state index contributed by atoms with van der Waals surface area (Å²) >= 11 is 0. The van der Waals surface area contributed by atoms with E-state index in [0.29, 0.717) is 6.54 Å². The van der Waals surface area contributed by atoms with Gasteiger partial charge in [-0.1, -0.05) is 44.2 Å². The minimum atomic E-state index is -2.60. The van der Waals surface area contributed by atoms with Gasteiger partial charge in [-0.25, -0.2) is 0 Å². The molecule has 3 nitrogen and oxygen atoms in total. The van der Waals surface area contributed by atoms with Crippen molar-refractivity contribution in [1.29, 1.82) is 0 Å². The quantitative estimate of drug-likeness (QED) is 0.770. The molecular formula is C14H24NO2P. The highest BCUT2D eigenvalue weighted by Gasteiger charge is 2.20. The maximum absolute atomic E-state index is 11.6. The molecule has 0 bridgehead atoms. The third kappa shape index (κ3) is 6.73. The number of benzene rings is 1. The highest BCUT2D eigenvalue weighted by Crippen LogP contribution is 2.36. The van der Waals surface area contributed by atoms with Crippen LogP contribution in [0, 0.1) is 0 Å². The molecule has 18 heavy (non-hydrogen) atoms. The lowest BCUT2D eigenvalue weighted by Gasteiger charge is -2.17. The summed E-state index contributed by atoms with van der Waals surface area (Å²) in [5.41, 5.74) is 0.991. The van der Waals surface area contributed by atoms with Crippen LogP contribution in [0.5, 0.6) is 0 Å². The summed E-state index contributed by atoms with van der Waals surface area (Å²) in [5.74, 6) is 0. The Morgan fingerprint density at radius 2 is 1.67 bits per heavy atom. The zero-order valence-electron chi connectivity index (χ0n) is 12.0. The Hall–Kier alpha value is -0.920. The van der Waals surface area contributed by atoms with E-state index in [1.165, 1.54) is 13.3 Å². The Morgan fingerprint density at radius 1 is 1.17 bits per heavy atom. The molecule has 0 aliphatic rings. The summed E-state index contributed by atoms with van der Waals surface area (Å²) < 4.78 is 11.5. The number of hydrogen-bond acceptors (Lipinski definition) is 3. The van der Waals surface area contributed by atoms with Crippen LogP contribution in [-0.4, -0.2) is 37.3 Å². The summed E-state index contributed by atoms with van der Waals surface area (Å²) in [6, 6.07) is 9.92. The normalized spacial score (nSPS) is 10.8. The molecule has 1 aromatic rings. The molecule has 0 fully saturated rings. The van der Waals surface area contributed by atoms with Gasteiger partial charge in [-0.2, -0.15) is 0 Å². The van der Waals surface area contributed by atoms with Gasteiger partial charge in [0.15, 0.2) is 0 Å². The lowest BCUT2D eigenvalue weighted by Crippen LogP contribution is -2.25. The van der Waals surface area contributed by atoms with Gasteiger partial charge >= 0.3 is 0 Å². The number of carbonyl (C=O) groups excluding carboxylic acids is 1. The molecule has 0 atom stereocenters. The van der Waals surface area contributed by atoms with Crippen molar-refractivity contribution >= 4 is 12.7 Å². The fourth-order valence-corrected chi connectivity index (χ4v) is 1.93. The smallest absolute Gasteiger partial charge is 0.204 e. The van der Waals surface area contributed by atoms with Crippen LogP contribution in [0.3, 0.4) is 0 Å². The van der Waals surface area contributed by atoms with Crippen LogP contribution in [-0.2, 0) is 15.9 Å². The summed E-state index contributed by atoms with van der Waals surface area (Å²) in [5, 5.41) is 0. The second-order valence-corrected chi connectivity index (χ2v) is 7.60. The standard InChI is InChI=1S/C12H18NO2P.C2H6/c1-13(10-12(14)16(2,3)15)9-11-7-5-4-6-8-11;1-2/h4-8H,9-10H2,1-3H3;1-2H3. The number of nitrogens with zero attached hydrogens (tertiary/aromatic N) is 1. The first-order chi connectivity index (χ1) is 8.39. The Labute approximate surface area is 111 Å². The number of hydrogen-bond donors (Lipinski definition) is 0. The van der Waals surface area contributed by atoms with Crippen molar-refractivity contribution in [3.63, 3.8) is 0 Å². The van der Waals surface area contributed by atoms with Crippen LogP contribution >= 0.6 is 7.14 Å². The molecule has 1 rings (SSSR count). The van der Waals surface area contributed by atoms with E-state index in [4.69, 9.17) is 0 Å².